The van der Waals surface area contributed by atoms with E-state index in [-0.39, 0.29) is 0 Å². The molecule has 0 fully saturated rings. The Balaban J connectivity index is 1.55. The highest BCUT2D eigenvalue weighted by molar-refractivity contribution is 5.54. The van der Waals surface area contributed by atoms with Crippen molar-refractivity contribution in [1.29, 1.82) is 0 Å². The van der Waals surface area contributed by atoms with Crippen molar-refractivity contribution in [2.24, 2.45) is 0 Å². The average Bonchev–Trinajstić information content (AvgIpc) is 2.95. The maximum Gasteiger partial charge on any atom is 0.226 e. The molecule has 0 aliphatic carbocycles. The number of nitrogen functional groups attached to an aromatic ring is 1. The fourth-order valence-electron chi connectivity index (χ4n) is 2.47. The van der Waals surface area contributed by atoms with E-state index in [1.54, 1.807) is 0 Å². The number of aryl methyl sites for hydroxylation is 3. The summed E-state index contributed by atoms with van der Waals surface area (Å²) >= 11 is 0. The molecule has 0 saturated heterocycles. The van der Waals surface area contributed by atoms with Crippen molar-refractivity contribution >= 4 is 5.69 Å². The zero-order valence-electron chi connectivity index (χ0n) is 14.1. The molecule has 0 atom stereocenters. The van der Waals surface area contributed by atoms with Gasteiger partial charge in [0.05, 0.1) is 12.3 Å². The lowest BCUT2D eigenvalue weighted by molar-refractivity contribution is 0.310. The molecule has 124 valence electrons. The maximum atomic E-state index is 5.80. The topological polar surface area (TPSA) is 61.3 Å². The van der Waals surface area contributed by atoms with Gasteiger partial charge in [-0.2, -0.15) is 0 Å². The number of nitrogens with two attached hydrogens (primary N) is 1. The van der Waals surface area contributed by atoms with E-state index in [4.69, 9.17) is 14.9 Å². The van der Waals surface area contributed by atoms with Gasteiger partial charge in [-0.05, 0) is 63.1 Å². The molecular weight excluding hydrogens is 300 g/mol. The van der Waals surface area contributed by atoms with E-state index in [1.165, 1.54) is 5.56 Å². The van der Waals surface area contributed by atoms with Crippen molar-refractivity contribution in [3.05, 3.63) is 65.5 Å². The van der Waals surface area contributed by atoms with Crippen LogP contribution in [0.3, 0.4) is 0 Å². The summed E-state index contributed by atoms with van der Waals surface area (Å²) in [6.45, 7) is 4.66. The first-order chi connectivity index (χ1) is 11.6. The van der Waals surface area contributed by atoms with E-state index in [0.29, 0.717) is 12.5 Å². The first-order valence-corrected chi connectivity index (χ1v) is 8.13. The molecule has 24 heavy (non-hydrogen) atoms. The van der Waals surface area contributed by atoms with Crippen LogP contribution in [0.15, 0.2) is 52.9 Å². The summed E-state index contributed by atoms with van der Waals surface area (Å²) in [7, 11) is 0. The molecule has 0 spiro atoms. The third kappa shape index (κ3) is 3.96. The van der Waals surface area contributed by atoms with Crippen molar-refractivity contribution in [3.63, 3.8) is 0 Å². The summed E-state index contributed by atoms with van der Waals surface area (Å²) in [5.41, 5.74) is 9.62. The van der Waals surface area contributed by atoms with Crippen LogP contribution in [-0.2, 0) is 6.42 Å². The fourth-order valence-corrected chi connectivity index (χ4v) is 2.47. The molecule has 0 amide bonds. The highest BCUT2D eigenvalue weighted by Crippen LogP contribution is 2.23. The van der Waals surface area contributed by atoms with Gasteiger partial charge < -0.3 is 14.9 Å². The normalized spacial score (nSPS) is 10.8. The van der Waals surface area contributed by atoms with Crippen molar-refractivity contribution in [2.75, 3.05) is 12.3 Å². The Kier molecular flexibility index (Phi) is 4.85. The lowest BCUT2D eigenvalue weighted by Gasteiger charge is -2.05. The molecule has 3 rings (SSSR count). The quantitative estimate of drug-likeness (QED) is 0.534. The molecular formula is C20H22N2O2. The highest BCUT2D eigenvalue weighted by Gasteiger charge is 2.11. The lowest BCUT2D eigenvalue weighted by Crippen LogP contribution is -2.00. The summed E-state index contributed by atoms with van der Waals surface area (Å²) in [5.74, 6) is 2.39. The molecule has 0 saturated carbocycles. The van der Waals surface area contributed by atoms with Gasteiger partial charge in [-0.15, -0.1) is 0 Å². The van der Waals surface area contributed by atoms with E-state index in [2.05, 4.69) is 24.0 Å². The second-order valence-electron chi connectivity index (χ2n) is 5.91. The predicted molar refractivity (Wildman–Crippen MR) is 96.1 cm³/mol. The Morgan fingerprint density at radius 1 is 1.00 bits per heavy atom. The van der Waals surface area contributed by atoms with Crippen LogP contribution in [0, 0.1) is 13.8 Å². The Labute approximate surface area is 142 Å². The van der Waals surface area contributed by atoms with Gasteiger partial charge in [0.2, 0.25) is 5.89 Å². The van der Waals surface area contributed by atoms with E-state index in [9.17, 15) is 0 Å². The van der Waals surface area contributed by atoms with Gasteiger partial charge in [0.1, 0.15) is 11.5 Å². The van der Waals surface area contributed by atoms with Crippen molar-refractivity contribution in [2.45, 2.75) is 26.7 Å². The lowest BCUT2D eigenvalue weighted by atomic mass is 10.1. The standard InChI is InChI=1S/C20H22N2O2/c1-14-5-7-16(8-6-14)20-22-19(15(2)24-20)4-3-13-23-18-11-9-17(21)10-12-18/h5-12H,3-4,13,21H2,1-2H3. The minimum Gasteiger partial charge on any atom is -0.494 e. The predicted octanol–water partition coefficient (Wildman–Crippen LogP) is 4.55. The summed E-state index contributed by atoms with van der Waals surface area (Å²) in [4.78, 5) is 4.63. The minimum absolute atomic E-state index is 0.635. The number of hydrogen-bond acceptors (Lipinski definition) is 4. The van der Waals surface area contributed by atoms with E-state index < -0.39 is 0 Å². The zero-order chi connectivity index (χ0) is 16.9. The average molecular weight is 322 g/mol. The van der Waals surface area contributed by atoms with Crippen LogP contribution in [0.1, 0.15) is 23.4 Å². The number of rotatable bonds is 6. The van der Waals surface area contributed by atoms with Gasteiger partial charge in [0.15, 0.2) is 0 Å². The van der Waals surface area contributed by atoms with E-state index >= 15 is 0 Å². The van der Waals surface area contributed by atoms with Crippen LogP contribution >= 0.6 is 0 Å². The van der Waals surface area contributed by atoms with Gasteiger partial charge in [-0.1, -0.05) is 17.7 Å². The number of aromatic nitrogens is 1. The number of hydrogen-bond donors (Lipinski definition) is 1. The second-order valence-corrected chi connectivity index (χ2v) is 5.91. The van der Waals surface area contributed by atoms with Crippen LogP contribution in [0.4, 0.5) is 5.69 Å². The molecule has 0 aliphatic rings. The number of benzene rings is 2. The summed E-state index contributed by atoms with van der Waals surface area (Å²) in [5, 5.41) is 0. The Hall–Kier alpha value is -2.75. The van der Waals surface area contributed by atoms with Gasteiger partial charge >= 0.3 is 0 Å². The Morgan fingerprint density at radius 2 is 1.71 bits per heavy atom. The Morgan fingerprint density at radius 3 is 2.42 bits per heavy atom. The SMILES string of the molecule is Cc1ccc(-c2nc(CCCOc3ccc(N)cc3)c(C)o2)cc1. The van der Waals surface area contributed by atoms with Crippen molar-refractivity contribution in [1.82, 2.24) is 4.98 Å². The molecule has 0 radical (unpaired) electrons. The van der Waals surface area contributed by atoms with Gasteiger partial charge in [-0.3, -0.25) is 0 Å². The Bertz CT molecular complexity index is 790. The molecule has 4 nitrogen and oxygen atoms in total. The van der Waals surface area contributed by atoms with Crippen molar-refractivity contribution < 1.29 is 9.15 Å². The summed E-state index contributed by atoms with van der Waals surface area (Å²) < 4.78 is 11.5. The van der Waals surface area contributed by atoms with Gasteiger partial charge in [0, 0.05) is 11.3 Å². The molecule has 0 aliphatic heterocycles. The second kappa shape index (κ2) is 7.21. The summed E-state index contributed by atoms with van der Waals surface area (Å²) in [6.07, 6.45) is 1.71. The minimum atomic E-state index is 0.635. The molecule has 0 bridgehead atoms. The number of oxazole rings is 1. The van der Waals surface area contributed by atoms with Crippen LogP contribution in [0.2, 0.25) is 0 Å². The first-order valence-electron chi connectivity index (χ1n) is 8.13. The third-order valence-electron chi connectivity index (χ3n) is 3.90. The number of nitrogens with zero attached hydrogens (tertiary/aromatic N) is 1. The molecule has 2 aromatic carbocycles. The van der Waals surface area contributed by atoms with Crippen LogP contribution < -0.4 is 10.5 Å². The maximum absolute atomic E-state index is 5.80. The first kappa shape index (κ1) is 16.1. The van der Waals surface area contributed by atoms with Crippen molar-refractivity contribution in [3.8, 4) is 17.2 Å². The molecule has 2 N–H and O–H groups in total. The molecule has 4 heteroatoms. The number of anilines is 1. The van der Waals surface area contributed by atoms with E-state index in [1.807, 2.05) is 43.3 Å². The molecule has 0 unspecified atom stereocenters. The molecule has 1 heterocycles. The summed E-state index contributed by atoms with van der Waals surface area (Å²) in [6, 6.07) is 15.6. The van der Waals surface area contributed by atoms with Gasteiger partial charge in [0.25, 0.3) is 0 Å². The smallest absolute Gasteiger partial charge is 0.226 e. The fraction of sp³-hybridized carbons (Fsp3) is 0.250. The zero-order valence-corrected chi connectivity index (χ0v) is 14.1. The van der Waals surface area contributed by atoms with Crippen LogP contribution in [0.5, 0.6) is 5.75 Å². The van der Waals surface area contributed by atoms with Gasteiger partial charge in [-0.25, -0.2) is 4.98 Å². The molecule has 3 aromatic rings. The molecule has 1 aromatic heterocycles. The largest absolute Gasteiger partial charge is 0.494 e. The highest BCUT2D eigenvalue weighted by atomic mass is 16.5. The third-order valence-corrected chi connectivity index (χ3v) is 3.90. The number of ether oxygens (including phenoxy) is 1. The van der Waals surface area contributed by atoms with E-state index in [0.717, 1.165) is 41.3 Å². The van der Waals surface area contributed by atoms with Crippen LogP contribution in [-0.4, -0.2) is 11.6 Å². The monoisotopic (exact) mass is 322 g/mol. The van der Waals surface area contributed by atoms with Crippen LogP contribution in [0.25, 0.3) is 11.5 Å².